The van der Waals surface area contributed by atoms with E-state index in [0.717, 1.165) is 40.9 Å². The third kappa shape index (κ3) is 3.11. The Bertz CT molecular complexity index is 626. The molecular formula is C17H19BrN2O. The highest BCUT2D eigenvalue weighted by atomic mass is 79.9. The maximum atomic E-state index is 10.6. The van der Waals surface area contributed by atoms with Crippen molar-refractivity contribution >= 4 is 21.7 Å². The summed E-state index contributed by atoms with van der Waals surface area (Å²) in [6.45, 7) is 2.72. The Morgan fingerprint density at radius 1 is 1.24 bits per heavy atom. The number of hydrogen-bond donors (Lipinski definition) is 2. The van der Waals surface area contributed by atoms with Crippen LogP contribution in [0.3, 0.4) is 0 Å². The maximum Gasteiger partial charge on any atom is 0.126 e. The van der Waals surface area contributed by atoms with Crippen LogP contribution < -0.4 is 5.32 Å². The number of pyridine rings is 1. The van der Waals surface area contributed by atoms with Gasteiger partial charge in [0.2, 0.25) is 0 Å². The number of halogens is 1. The van der Waals surface area contributed by atoms with E-state index in [0.29, 0.717) is 0 Å². The lowest BCUT2D eigenvalue weighted by molar-refractivity contribution is 0.0999. The summed E-state index contributed by atoms with van der Waals surface area (Å²) in [5, 5.41) is 14.0. The molecule has 0 radical (unpaired) electrons. The zero-order chi connectivity index (χ0) is 14.9. The topological polar surface area (TPSA) is 45.2 Å². The van der Waals surface area contributed by atoms with Crippen molar-refractivity contribution in [3.63, 3.8) is 0 Å². The smallest absolute Gasteiger partial charge is 0.126 e. The monoisotopic (exact) mass is 346 g/mol. The van der Waals surface area contributed by atoms with Crippen LogP contribution in [-0.2, 0) is 0 Å². The molecule has 1 aliphatic rings. The van der Waals surface area contributed by atoms with Crippen LogP contribution >= 0.6 is 15.9 Å². The molecule has 1 aromatic heterocycles. The second-order valence-electron chi connectivity index (χ2n) is 5.79. The van der Waals surface area contributed by atoms with Crippen LogP contribution in [-0.4, -0.2) is 16.6 Å². The van der Waals surface area contributed by atoms with E-state index < -0.39 is 6.10 Å². The fourth-order valence-corrected chi connectivity index (χ4v) is 2.83. The van der Waals surface area contributed by atoms with Crippen molar-refractivity contribution in [3.05, 3.63) is 58.2 Å². The highest BCUT2D eigenvalue weighted by Crippen LogP contribution is 2.54. The molecule has 1 atom stereocenters. The van der Waals surface area contributed by atoms with E-state index in [9.17, 15) is 5.11 Å². The van der Waals surface area contributed by atoms with Gasteiger partial charge in [-0.3, -0.25) is 0 Å². The second kappa shape index (κ2) is 5.78. The van der Waals surface area contributed by atoms with E-state index in [1.165, 1.54) is 0 Å². The largest absolute Gasteiger partial charge is 0.388 e. The number of aliphatic hydroxyl groups excluding tert-OH is 1. The lowest BCUT2D eigenvalue weighted by Gasteiger charge is -2.23. The molecule has 1 saturated carbocycles. The molecule has 2 N–H and O–H groups in total. The van der Waals surface area contributed by atoms with Crippen molar-refractivity contribution in [2.24, 2.45) is 5.41 Å². The van der Waals surface area contributed by atoms with Gasteiger partial charge in [0.15, 0.2) is 0 Å². The van der Waals surface area contributed by atoms with Gasteiger partial charge in [-0.15, -0.1) is 0 Å². The van der Waals surface area contributed by atoms with Gasteiger partial charge in [-0.25, -0.2) is 4.98 Å². The molecule has 1 unspecified atom stereocenters. The first-order chi connectivity index (χ1) is 10.1. The third-order valence-corrected chi connectivity index (χ3v) is 5.07. The Kier molecular flexibility index (Phi) is 4.00. The summed E-state index contributed by atoms with van der Waals surface area (Å²) in [7, 11) is 0. The molecule has 4 heteroatoms. The van der Waals surface area contributed by atoms with E-state index in [-0.39, 0.29) is 5.41 Å². The molecule has 1 aliphatic carbocycles. The summed E-state index contributed by atoms with van der Waals surface area (Å²) in [5.41, 5.74) is 1.91. The van der Waals surface area contributed by atoms with Crippen molar-refractivity contribution in [2.75, 3.05) is 11.9 Å². The maximum absolute atomic E-state index is 10.6. The number of hydrogen-bond acceptors (Lipinski definition) is 3. The highest BCUT2D eigenvalue weighted by molar-refractivity contribution is 9.10. The van der Waals surface area contributed by atoms with Crippen LogP contribution in [0.2, 0.25) is 0 Å². The number of nitrogens with one attached hydrogen (secondary N) is 1. The van der Waals surface area contributed by atoms with Crippen LogP contribution in [0.5, 0.6) is 0 Å². The third-order valence-electron chi connectivity index (χ3n) is 4.23. The van der Waals surface area contributed by atoms with Crippen LogP contribution in [0.4, 0.5) is 5.82 Å². The van der Waals surface area contributed by atoms with Crippen molar-refractivity contribution in [1.29, 1.82) is 0 Å². The molecule has 0 amide bonds. The van der Waals surface area contributed by atoms with Gasteiger partial charge >= 0.3 is 0 Å². The Morgan fingerprint density at radius 2 is 1.95 bits per heavy atom. The molecule has 0 aliphatic heterocycles. The fraction of sp³-hybridized carbons (Fsp3) is 0.353. The number of nitrogens with zero attached hydrogens (tertiary/aromatic N) is 1. The van der Waals surface area contributed by atoms with Gasteiger partial charge in [-0.05, 0) is 53.4 Å². The molecule has 0 saturated heterocycles. The van der Waals surface area contributed by atoms with Crippen molar-refractivity contribution in [2.45, 2.75) is 25.9 Å². The first-order valence-corrected chi connectivity index (χ1v) is 8.00. The van der Waals surface area contributed by atoms with Gasteiger partial charge in [0.1, 0.15) is 5.82 Å². The van der Waals surface area contributed by atoms with Crippen molar-refractivity contribution < 1.29 is 5.11 Å². The quantitative estimate of drug-likeness (QED) is 0.857. The molecule has 0 spiro atoms. The fourth-order valence-electron chi connectivity index (χ4n) is 2.61. The number of rotatable bonds is 5. The minimum atomic E-state index is -0.414. The molecular weight excluding hydrogens is 328 g/mol. The zero-order valence-corrected chi connectivity index (χ0v) is 13.6. The molecule has 2 aromatic rings. The van der Waals surface area contributed by atoms with E-state index >= 15 is 0 Å². The highest BCUT2D eigenvalue weighted by Gasteiger charge is 2.49. The molecule has 3 rings (SSSR count). The summed E-state index contributed by atoms with van der Waals surface area (Å²) in [5.74, 6) is 0.863. The predicted molar refractivity (Wildman–Crippen MR) is 88.2 cm³/mol. The Labute approximate surface area is 133 Å². The van der Waals surface area contributed by atoms with Crippen molar-refractivity contribution in [1.82, 2.24) is 4.98 Å². The molecule has 0 bridgehead atoms. The van der Waals surface area contributed by atoms with Crippen LogP contribution in [0.1, 0.15) is 30.2 Å². The van der Waals surface area contributed by atoms with Gasteiger partial charge in [-0.2, -0.15) is 0 Å². The lowest BCUT2D eigenvalue weighted by atomic mass is 9.93. The Hall–Kier alpha value is -1.39. The normalized spacial score (nSPS) is 17.3. The Morgan fingerprint density at radius 3 is 2.57 bits per heavy atom. The molecule has 21 heavy (non-hydrogen) atoms. The zero-order valence-electron chi connectivity index (χ0n) is 12.0. The van der Waals surface area contributed by atoms with E-state index in [2.05, 4.69) is 26.2 Å². The lowest BCUT2D eigenvalue weighted by Crippen LogP contribution is -2.23. The van der Waals surface area contributed by atoms with Crippen LogP contribution in [0.15, 0.2) is 46.9 Å². The Balaban J connectivity index is 1.68. The summed E-state index contributed by atoms with van der Waals surface area (Å²) >= 11 is 3.46. The van der Waals surface area contributed by atoms with Crippen LogP contribution in [0, 0.1) is 12.3 Å². The number of aliphatic hydroxyl groups is 1. The van der Waals surface area contributed by atoms with Gasteiger partial charge < -0.3 is 10.4 Å². The molecule has 110 valence electrons. The minimum absolute atomic E-state index is 0.0516. The molecule has 1 fully saturated rings. The average Bonchev–Trinajstić information content (AvgIpc) is 3.30. The van der Waals surface area contributed by atoms with Gasteiger partial charge in [0.25, 0.3) is 0 Å². The van der Waals surface area contributed by atoms with E-state index in [4.69, 9.17) is 0 Å². The summed E-state index contributed by atoms with van der Waals surface area (Å²) < 4.78 is 1.01. The standard InChI is InChI=1S/C17H19BrN2O/c1-12-14(18)7-8-15(20-12)19-11-17(9-10-17)16(21)13-5-3-2-4-6-13/h2-8,16,21H,9-11H2,1H3,(H,19,20). The summed E-state index contributed by atoms with van der Waals surface area (Å²) in [6.07, 6.45) is 1.68. The number of benzene rings is 1. The summed E-state index contributed by atoms with van der Waals surface area (Å²) in [6, 6.07) is 13.9. The van der Waals surface area contributed by atoms with Crippen LogP contribution in [0.25, 0.3) is 0 Å². The SMILES string of the molecule is Cc1nc(NCC2(C(O)c3ccccc3)CC2)ccc1Br. The van der Waals surface area contributed by atoms with E-state index in [1.54, 1.807) is 0 Å². The van der Waals surface area contributed by atoms with Crippen molar-refractivity contribution in [3.8, 4) is 0 Å². The summed E-state index contributed by atoms with van der Waals surface area (Å²) in [4.78, 5) is 4.50. The molecule has 3 nitrogen and oxygen atoms in total. The predicted octanol–water partition coefficient (Wildman–Crippen LogP) is 4.08. The first-order valence-electron chi connectivity index (χ1n) is 7.21. The number of aryl methyl sites for hydroxylation is 1. The minimum Gasteiger partial charge on any atom is -0.388 e. The molecule has 1 heterocycles. The first kappa shape index (κ1) is 14.5. The second-order valence-corrected chi connectivity index (χ2v) is 6.65. The van der Waals surface area contributed by atoms with Gasteiger partial charge in [0.05, 0.1) is 11.8 Å². The average molecular weight is 347 g/mol. The number of anilines is 1. The van der Waals surface area contributed by atoms with Gasteiger partial charge in [-0.1, -0.05) is 30.3 Å². The van der Waals surface area contributed by atoms with E-state index in [1.807, 2.05) is 49.4 Å². The number of aromatic nitrogens is 1. The van der Waals surface area contributed by atoms with Gasteiger partial charge in [0, 0.05) is 16.4 Å². The molecule has 1 aromatic carbocycles.